The molecule has 0 unspecified atom stereocenters. The van der Waals surface area contributed by atoms with Crippen LogP contribution in [0.4, 0.5) is 17.3 Å². The summed E-state index contributed by atoms with van der Waals surface area (Å²) in [5.41, 5.74) is 1.44. The number of aromatic nitrogens is 2. The Bertz CT molecular complexity index is 1140. The molecular formula is C18H18ClN5O3S2. The van der Waals surface area contributed by atoms with Gasteiger partial charge in [-0.3, -0.25) is 0 Å². The number of nitrogens with two attached hydrogens (primary N) is 1. The molecule has 0 aliphatic heterocycles. The van der Waals surface area contributed by atoms with Crippen LogP contribution in [0.1, 0.15) is 5.56 Å². The van der Waals surface area contributed by atoms with Gasteiger partial charge in [-0.1, -0.05) is 11.6 Å². The summed E-state index contributed by atoms with van der Waals surface area (Å²) in [6.07, 6.45) is 3.30. The maximum Gasteiger partial charge on any atom is 0.238 e. The Hall–Kier alpha value is -2.53. The van der Waals surface area contributed by atoms with E-state index in [1.165, 1.54) is 30.2 Å². The second kappa shape index (κ2) is 8.87. The normalized spacial score (nSPS) is 11.3. The van der Waals surface area contributed by atoms with Gasteiger partial charge in [-0.05, 0) is 48.2 Å². The molecule has 0 radical (unpaired) electrons. The zero-order chi connectivity index (χ0) is 21.0. The molecule has 0 saturated heterocycles. The van der Waals surface area contributed by atoms with Gasteiger partial charge < -0.3 is 15.7 Å². The lowest BCUT2D eigenvalue weighted by Crippen LogP contribution is -2.13. The molecule has 1 heterocycles. The van der Waals surface area contributed by atoms with Crippen LogP contribution in [-0.4, -0.2) is 29.7 Å². The van der Waals surface area contributed by atoms with Crippen molar-refractivity contribution in [1.82, 2.24) is 9.97 Å². The van der Waals surface area contributed by atoms with Crippen molar-refractivity contribution in [3.8, 4) is 5.75 Å². The molecule has 8 nitrogen and oxygen atoms in total. The largest absolute Gasteiger partial charge is 0.506 e. The number of phenols is 1. The van der Waals surface area contributed by atoms with Crippen molar-refractivity contribution in [2.45, 2.75) is 16.3 Å². The van der Waals surface area contributed by atoms with Crippen molar-refractivity contribution in [2.24, 2.45) is 5.14 Å². The highest BCUT2D eigenvalue weighted by Gasteiger charge is 2.12. The zero-order valence-electron chi connectivity index (χ0n) is 15.3. The van der Waals surface area contributed by atoms with Crippen LogP contribution in [0.3, 0.4) is 0 Å². The standard InChI is InChI=1S/C18H18ClN5O3S2/c1-28-16-5-3-13(29(20,26)27)6-11(16)9-21-17-8-18(23-10-22-17)24-12-2-4-15(25)14(19)7-12/h2-8,10,25H,9H2,1H3,(H2,20,26,27)(H2,21,22,23,24). The summed E-state index contributed by atoms with van der Waals surface area (Å²) in [6, 6.07) is 11.2. The molecule has 0 atom stereocenters. The summed E-state index contributed by atoms with van der Waals surface area (Å²) in [4.78, 5) is 9.31. The van der Waals surface area contributed by atoms with Crippen LogP contribution in [0.15, 0.2) is 58.6 Å². The highest BCUT2D eigenvalue weighted by atomic mass is 35.5. The Labute approximate surface area is 177 Å². The first kappa shape index (κ1) is 21.2. The maximum atomic E-state index is 11.6. The van der Waals surface area contributed by atoms with Crippen LogP contribution in [-0.2, 0) is 16.6 Å². The molecule has 0 saturated carbocycles. The monoisotopic (exact) mass is 451 g/mol. The number of primary sulfonamides is 1. The van der Waals surface area contributed by atoms with Crippen LogP contribution in [0, 0.1) is 0 Å². The van der Waals surface area contributed by atoms with Crippen molar-refractivity contribution >= 4 is 50.7 Å². The third-order valence-electron chi connectivity index (χ3n) is 3.93. The number of nitrogens with one attached hydrogen (secondary N) is 2. The van der Waals surface area contributed by atoms with E-state index in [2.05, 4.69) is 20.6 Å². The third-order valence-corrected chi connectivity index (χ3v) is 5.98. The van der Waals surface area contributed by atoms with Crippen molar-refractivity contribution in [3.05, 3.63) is 59.4 Å². The summed E-state index contributed by atoms with van der Waals surface area (Å²) >= 11 is 7.42. The quantitative estimate of drug-likeness (QED) is 0.317. The van der Waals surface area contributed by atoms with Crippen molar-refractivity contribution in [2.75, 3.05) is 16.9 Å². The van der Waals surface area contributed by atoms with Gasteiger partial charge in [0, 0.05) is 23.2 Å². The molecule has 5 N–H and O–H groups in total. The predicted octanol–water partition coefficient (Wildman–Crippen LogP) is 3.56. The van der Waals surface area contributed by atoms with E-state index in [1.54, 1.807) is 30.3 Å². The van der Waals surface area contributed by atoms with Gasteiger partial charge in [0.05, 0.1) is 9.92 Å². The number of thioether (sulfide) groups is 1. The number of phenolic OH excluding ortho intramolecular Hbond substituents is 1. The van der Waals surface area contributed by atoms with Gasteiger partial charge in [0.25, 0.3) is 0 Å². The smallest absolute Gasteiger partial charge is 0.238 e. The number of anilines is 3. The van der Waals surface area contributed by atoms with Crippen LogP contribution in [0.5, 0.6) is 5.75 Å². The summed E-state index contributed by atoms with van der Waals surface area (Å²) in [6.45, 7) is 0.348. The second-order valence-electron chi connectivity index (χ2n) is 5.95. The Morgan fingerprint density at radius 2 is 1.90 bits per heavy atom. The van der Waals surface area contributed by atoms with Gasteiger partial charge in [-0.2, -0.15) is 0 Å². The van der Waals surface area contributed by atoms with Crippen molar-refractivity contribution < 1.29 is 13.5 Å². The van der Waals surface area contributed by atoms with E-state index in [0.29, 0.717) is 23.9 Å². The molecule has 152 valence electrons. The second-order valence-corrected chi connectivity index (χ2v) is 8.77. The molecule has 3 aromatic rings. The Kier molecular flexibility index (Phi) is 6.48. The molecule has 0 bridgehead atoms. The van der Waals surface area contributed by atoms with Gasteiger partial charge in [0.15, 0.2) is 0 Å². The molecule has 0 spiro atoms. The van der Waals surface area contributed by atoms with E-state index in [4.69, 9.17) is 16.7 Å². The Morgan fingerprint density at radius 1 is 1.14 bits per heavy atom. The molecule has 1 aromatic heterocycles. The minimum Gasteiger partial charge on any atom is -0.506 e. The average molecular weight is 452 g/mol. The van der Waals surface area contributed by atoms with Crippen LogP contribution in [0.25, 0.3) is 0 Å². The fourth-order valence-corrected chi connectivity index (χ4v) is 3.85. The van der Waals surface area contributed by atoms with E-state index in [0.717, 1.165) is 10.5 Å². The van der Waals surface area contributed by atoms with Gasteiger partial charge in [-0.25, -0.2) is 23.5 Å². The first-order valence-corrected chi connectivity index (χ1v) is 11.4. The summed E-state index contributed by atoms with van der Waals surface area (Å²) in [5, 5.41) is 21.2. The molecule has 11 heteroatoms. The van der Waals surface area contributed by atoms with Gasteiger partial charge in [-0.15, -0.1) is 11.8 Å². The molecule has 3 rings (SSSR count). The zero-order valence-corrected chi connectivity index (χ0v) is 17.6. The number of hydrogen-bond acceptors (Lipinski definition) is 8. The van der Waals surface area contributed by atoms with Crippen molar-refractivity contribution in [3.63, 3.8) is 0 Å². The van der Waals surface area contributed by atoms with E-state index >= 15 is 0 Å². The van der Waals surface area contributed by atoms with Crippen LogP contribution < -0.4 is 15.8 Å². The molecular weight excluding hydrogens is 434 g/mol. The molecule has 0 amide bonds. The lowest BCUT2D eigenvalue weighted by atomic mass is 10.2. The number of halogens is 1. The SMILES string of the molecule is CSc1ccc(S(N)(=O)=O)cc1CNc1cc(Nc2ccc(O)c(Cl)c2)ncn1. The minimum atomic E-state index is -3.78. The first-order valence-electron chi connectivity index (χ1n) is 8.27. The Balaban J connectivity index is 1.76. The molecule has 29 heavy (non-hydrogen) atoms. The number of nitrogens with zero attached hydrogens (tertiary/aromatic N) is 2. The van der Waals surface area contributed by atoms with Gasteiger partial charge in [0.2, 0.25) is 10.0 Å². The first-order chi connectivity index (χ1) is 13.8. The lowest BCUT2D eigenvalue weighted by molar-refractivity contribution is 0.475. The summed E-state index contributed by atoms with van der Waals surface area (Å²) in [5.74, 6) is 1.06. The number of benzene rings is 2. The van der Waals surface area contributed by atoms with Crippen molar-refractivity contribution in [1.29, 1.82) is 0 Å². The summed E-state index contributed by atoms with van der Waals surface area (Å²) < 4.78 is 23.2. The van der Waals surface area contributed by atoms with E-state index in [-0.39, 0.29) is 15.7 Å². The van der Waals surface area contributed by atoms with Crippen LogP contribution in [0.2, 0.25) is 5.02 Å². The number of hydrogen-bond donors (Lipinski definition) is 4. The fourth-order valence-electron chi connectivity index (χ4n) is 2.51. The van der Waals surface area contributed by atoms with Gasteiger partial charge >= 0.3 is 0 Å². The van der Waals surface area contributed by atoms with E-state index in [9.17, 15) is 13.5 Å². The number of aromatic hydroxyl groups is 1. The minimum absolute atomic E-state index is 0.00594. The topological polar surface area (TPSA) is 130 Å². The fraction of sp³-hybridized carbons (Fsp3) is 0.111. The maximum absolute atomic E-state index is 11.6. The van der Waals surface area contributed by atoms with Crippen LogP contribution >= 0.6 is 23.4 Å². The summed E-state index contributed by atoms with van der Waals surface area (Å²) in [7, 11) is -3.78. The molecule has 0 fully saturated rings. The Morgan fingerprint density at radius 3 is 2.59 bits per heavy atom. The molecule has 2 aromatic carbocycles. The van der Waals surface area contributed by atoms with E-state index in [1.807, 2.05) is 6.26 Å². The predicted molar refractivity (Wildman–Crippen MR) is 115 cm³/mol. The lowest BCUT2D eigenvalue weighted by Gasteiger charge is -2.12. The molecule has 0 aliphatic rings. The number of rotatable bonds is 7. The van der Waals surface area contributed by atoms with Gasteiger partial charge in [0.1, 0.15) is 23.7 Å². The highest BCUT2D eigenvalue weighted by molar-refractivity contribution is 7.98. The van der Waals surface area contributed by atoms with E-state index < -0.39 is 10.0 Å². The number of sulfonamides is 1. The highest BCUT2D eigenvalue weighted by Crippen LogP contribution is 2.28. The third kappa shape index (κ3) is 5.51. The molecule has 0 aliphatic carbocycles. The average Bonchev–Trinajstić information content (AvgIpc) is 2.68.